The number of benzene rings is 1. The molecule has 0 saturated heterocycles. The average molecular weight is 397 g/mol. The molecule has 0 N–H and O–H groups in total. The summed E-state index contributed by atoms with van der Waals surface area (Å²) in [5.41, 5.74) is 3.83. The number of imidazole rings is 1. The first-order chi connectivity index (χ1) is 12.9. The zero-order valence-corrected chi connectivity index (χ0v) is 17.3. The summed E-state index contributed by atoms with van der Waals surface area (Å²) in [6, 6.07) is 9.97. The van der Waals surface area contributed by atoms with E-state index in [1.165, 1.54) is 16.2 Å². The highest BCUT2D eigenvalue weighted by Crippen LogP contribution is 2.29. The summed E-state index contributed by atoms with van der Waals surface area (Å²) >= 11 is 3.11. The maximum Gasteiger partial charge on any atom is 0.265 e. The predicted molar refractivity (Wildman–Crippen MR) is 111 cm³/mol. The van der Waals surface area contributed by atoms with E-state index in [-0.39, 0.29) is 5.91 Å². The minimum absolute atomic E-state index is 0.00603. The van der Waals surface area contributed by atoms with Crippen LogP contribution in [0.1, 0.15) is 31.6 Å². The van der Waals surface area contributed by atoms with Crippen LogP contribution in [-0.4, -0.2) is 32.2 Å². The Hall–Kier alpha value is -2.51. The Kier molecular flexibility index (Phi) is 4.57. The molecule has 0 atom stereocenters. The van der Waals surface area contributed by atoms with Gasteiger partial charge in [-0.3, -0.25) is 9.20 Å². The summed E-state index contributed by atoms with van der Waals surface area (Å²) in [5.74, 6) is -0.00603. The van der Waals surface area contributed by atoms with Gasteiger partial charge in [0.1, 0.15) is 9.88 Å². The van der Waals surface area contributed by atoms with Crippen LogP contribution in [0.4, 0.5) is 0 Å². The smallest absolute Gasteiger partial charge is 0.265 e. The van der Waals surface area contributed by atoms with Crippen molar-refractivity contribution in [3.8, 4) is 10.6 Å². The Labute approximate surface area is 165 Å². The van der Waals surface area contributed by atoms with Crippen LogP contribution < -0.4 is 0 Å². The number of carbonyl (C=O) groups is 1. The fourth-order valence-electron chi connectivity index (χ4n) is 3.07. The molecule has 4 rings (SSSR count). The van der Waals surface area contributed by atoms with Gasteiger partial charge in [-0.05, 0) is 20.8 Å². The van der Waals surface area contributed by atoms with Crippen LogP contribution in [0, 0.1) is 20.8 Å². The molecule has 0 unspecified atom stereocenters. The number of hydrogen-bond donors (Lipinski definition) is 0. The van der Waals surface area contributed by atoms with Gasteiger partial charge in [0.15, 0.2) is 4.96 Å². The number of carbonyl (C=O) groups excluding carboxylic acids is 1. The first-order valence-electron chi connectivity index (χ1n) is 8.66. The average Bonchev–Trinajstić information content (AvgIpc) is 3.29. The lowest BCUT2D eigenvalue weighted by Crippen LogP contribution is -2.27. The van der Waals surface area contributed by atoms with Gasteiger partial charge < -0.3 is 4.90 Å². The Morgan fingerprint density at radius 1 is 1.07 bits per heavy atom. The van der Waals surface area contributed by atoms with Crippen molar-refractivity contribution in [1.29, 1.82) is 0 Å². The number of amides is 1. The minimum Gasteiger partial charge on any atom is -0.335 e. The number of aryl methyl sites for hydroxylation is 3. The fourth-order valence-corrected chi connectivity index (χ4v) is 5.02. The van der Waals surface area contributed by atoms with Crippen molar-refractivity contribution in [2.75, 3.05) is 7.05 Å². The molecule has 0 spiro atoms. The molecule has 3 aromatic heterocycles. The van der Waals surface area contributed by atoms with Gasteiger partial charge in [-0.1, -0.05) is 30.3 Å². The van der Waals surface area contributed by atoms with Crippen LogP contribution in [0.5, 0.6) is 0 Å². The number of rotatable bonds is 4. The second-order valence-electron chi connectivity index (χ2n) is 6.60. The van der Waals surface area contributed by atoms with Crippen LogP contribution in [0.25, 0.3) is 15.5 Å². The van der Waals surface area contributed by atoms with Crippen LogP contribution in [0.2, 0.25) is 0 Å². The molecule has 0 bridgehead atoms. The zero-order valence-electron chi connectivity index (χ0n) is 15.7. The lowest BCUT2D eigenvalue weighted by molar-refractivity contribution is 0.0787. The van der Waals surface area contributed by atoms with Crippen molar-refractivity contribution in [2.45, 2.75) is 27.3 Å². The molecule has 3 heterocycles. The standard InChI is InChI=1S/C20H20N4OS2/c1-12-10-24-16(13(2)22-20(24)26-12)11-23(4)19(25)17-14(3)21-18(27-17)15-8-6-5-7-9-15/h5-10H,11H2,1-4H3. The van der Waals surface area contributed by atoms with E-state index in [0.29, 0.717) is 11.4 Å². The predicted octanol–water partition coefficient (Wildman–Crippen LogP) is 4.72. The molecule has 0 radical (unpaired) electrons. The molecular weight excluding hydrogens is 376 g/mol. The van der Waals surface area contributed by atoms with Crippen LogP contribution >= 0.6 is 22.7 Å². The van der Waals surface area contributed by atoms with Gasteiger partial charge in [0.25, 0.3) is 5.91 Å². The molecule has 1 amide bonds. The van der Waals surface area contributed by atoms with Crippen molar-refractivity contribution in [3.63, 3.8) is 0 Å². The Morgan fingerprint density at radius 2 is 1.81 bits per heavy atom. The normalized spacial score (nSPS) is 11.3. The van der Waals surface area contributed by atoms with E-state index in [4.69, 9.17) is 0 Å². The first kappa shape index (κ1) is 17.9. The second kappa shape index (κ2) is 6.90. The van der Waals surface area contributed by atoms with Crippen molar-refractivity contribution in [2.24, 2.45) is 0 Å². The highest BCUT2D eigenvalue weighted by Gasteiger charge is 2.22. The monoisotopic (exact) mass is 396 g/mol. The number of fused-ring (bicyclic) bond motifs is 1. The molecule has 138 valence electrons. The Balaban J connectivity index is 1.61. The summed E-state index contributed by atoms with van der Waals surface area (Å²) in [6.45, 7) is 6.47. The van der Waals surface area contributed by atoms with Gasteiger partial charge >= 0.3 is 0 Å². The van der Waals surface area contributed by atoms with E-state index in [0.717, 1.165) is 32.6 Å². The van der Waals surface area contributed by atoms with Gasteiger partial charge in [0.05, 0.1) is 23.6 Å². The summed E-state index contributed by atoms with van der Waals surface area (Å²) in [5, 5.41) is 0.876. The summed E-state index contributed by atoms with van der Waals surface area (Å²) < 4.78 is 2.09. The molecule has 1 aromatic carbocycles. The zero-order chi connectivity index (χ0) is 19.1. The van der Waals surface area contributed by atoms with Gasteiger partial charge in [0, 0.05) is 23.7 Å². The Morgan fingerprint density at radius 3 is 2.56 bits per heavy atom. The second-order valence-corrected chi connectivity index (χ2v) is 8.81. The summed E-state index contributed by atoms with van der Waals surface area (Å²) in [4.78, 5) is 26.9. The summed E-state index contributed by atoms with van der Waals surface area (Å²) in [6.07, 6.45) is 2.08. The number of thiazole rings is 2. The molecule has 5 nitrogen and oxygen atoms in total. The van der Waals surface area contributed by atoms with Crippen molar-refractivity contribution in [3.05, 3.63) is 63.4 Å². The molecule has 0 aliphatic heterocycles. The molecule has 7 heteroatoms. The maximum atomic E-state index is 13.1. The van der Waals surface area contributed by atoms with Crippen LogP contribution in [0.3, 0.4) is 0 Å². The SMILES string of the molecule is Cc1cn2c(CN(C)C(=O)c3sc(-c4ccccc4)nc3C)c(C)nc2s1. The van der Waals surface area contributed by atoms with E-state index < -0.39 is 0 Å². The highest BCUT2D eigenvalue weighted by molar-refractivity contribution is 7.17. The van der Waals surface area contributed by atoms with Gasteiger partial charge in [-0.2, -0.15) is 0 Å². The highest BCUT2D eigenvalue weighted by atomic mass is 32.1. The third-order valence-electron chi connectivity index (χ3n) is 4.49. The third-order valence-corrected chi connectivity index (χ3v) is 6.58. The molecule has 0 aliphatic rings. The van der Waals surface area contributed by atoms with E-state index >= 15 is 0 Å². The third kappa shape index (κ3) is 3.28. The fraction of sp³-hybridized carbons (Fsp3) is 0.250. The maximum absolute atomic E-state index is 13.1. The van der Waals surface area contributed by atoms with E-state index in [1.807, 2.05) is 51.2 Å². The van der Waals surface area contributed by atoms with E-state index in [2.05, 4.69) is 27.5 Å². The van der Waals surface area contributed by atoms with Crippen molar-refractivity contribution < 1.29 is 4.79 Å². The number of hydrogen-bond acceptors (Lipinski definition) is 5. The molecule has 4 aromatic rings. The minimum atomic E-state index is -0.00603. The molecule has 0 aliphatic carbocycles. The summed E-state index contributed by atoms with van der Waals surface area (Å²) in [7, 11) is 1.84. The largest absolute Gasteiger partial charge is 0.335 e. The molecular formula is C20H20N4OS2. The number of aromatic nitrogens is 3. The molecule has 0 fully saturated rings. The van der Waals surface area contributed by atoms with Gasteiger partial charge in [-0.15, -0.1) is 22.7 Å². The van der Waals surface area contributed by atoms with Gasteiger partial charge in [-0.25, -0.2) is 9.97 Å². The van der Waals surface area contributed by atoms with Gasteiger partial charge in [0.2, 0.25) is 0 Å². The topological polar surface area (TPSA) is 50.5 Å². The van der Waals surface area contributed by atoms with Crippen LogP contribution in [-0.2, 0) is 6.54 Å². The van der Waals surface area contributed by atoms with Crippen molar-refractivity contribution >= 4 is 33.5 Å². The Bertz CT molecular complexity index is 1120. The van der Waals surface area contributed by atoms with Crippen LogP contribution in [0.15, 0.2) is 36.5 Å². The molecule has 27 heavy (non-hydrogen) atoms. The van der Waals surface area contributed by atoms with Crippen molar-refractivity contribution in [1.82, 2.24) is 19.3 Å². The van der Waals surface area contributed by atoms with E-state index in [9.17, 15) is 4.79 Å². The number of nitrogens with zero attached hydrogens (tertiary/aromatic N) is 4. The molecule has 0 saturated carbocycles. The lowest BCUT2D eigenvalue weighted by atomic mass is 10.2. The quantitative estimate of drug-likeness (QED) is 0.502. The van der Waals surface area contributed by atoms with E-state index in [1.54, 1.807) is 16.2 Å². The lowest BCUT2D eigenvalue weighted by Gasteiger charge is -2.16. The first-order valence-corrected chi connectivity index (χ1v) is 10.3.